The summed E-state index contributed by atoms with van der Waals surface area (Å²) in [4.78, 5) is 17.0. The Morgan fingerprint density at radius 2 is 2.03 bits per heavy atom. The van der Waals surface area contributed by atoms with Crippen LogP contribution in [0.2, 0.25) is 0 Å². The first-order chi connectivity index (χ1) is 14.2. The summed E-state index contributed by atoms with van der Waals surface area (Å²) in [6.07, 6.45) is 4.42. The minimum Gasteiger partial charge on any atom is -0.493 e. The number of carbonyl (C=O) groups excluding carboxylic acids is 1. The molecule has 1 N–H and O–H groups in total. The van der Waals surface area contributed by atoms with E-state index in [1.807, 2.05) is 36.4 Å². The molecule has 0 saturated heterocycles. The van der Waals surface area contributed by atoms with Gasteiger partial charge in [-0.15, -0.1) is 0 Å². The topological polar surface area (TPSA) is 69.2 Å². The number of benzene rings is 2. The molecule has 0 aliphatic carbocycles. The number of fused-ring (bicyclic) bond motifs is 1. The van der Waals surface area contributed by atoms with E-state index in [4.69, 9.17) is 14.2 Å². The number of ketones is 1. The molecule has 2 aliphatic rings. The Kier molecular flexibility index (Phi) is 6.05. The summed E-state index contributed by atoms with van der Waals surface area (Å²) < 4.78 is 16.6. The third kappa shape index (κ3) is 4.74. The van der Waals surface area contributed by atoms with E-state index in [0.29, 0.717) is 36.0 Å². The molecule has 150 valence electrons. The zero-order valence-corrected chi connectivity index (χ0v) is 17.0. The Bertz CT molecular complexity index is 937. The zero-order chi connectivity index (χ0) is 20.1. The van der Waals surface area contributed by atoms with E-state index in [2.05, 4.69) is 10.3 Å². The Hall–Kier alpha value is -2.93. The van der Waals surface area contributed by atoms with Crippen molar-refractivity contribution in [2.24, 2.45) is 4.99 Å². The predicted molar refractivity (Wildman–Crippen MR) is 117 cm³/mol. The number of hydrogen-bond acceptors (Lipinski definition) is 7. The summed E-state index contributed by atoms with van der Waals surface area (Å²) in [5, 5.41) is 4.22. The van der Waals surface area contributed by atoms with E-state index < -0.39 is 0 Å². The fourth-order valence-electron chi connectivity index (χ4n) is 3.03. The number of ether oxygens (including phenoxy) is 3. The Balaban J connectivity index is 1.45. The lowest BCUT2D eigenvalue weighted by Crippen LogP contribution is -2.16. The molecule has 0 bridgehead atoms. The van der Waals surface area contributed by atoms with Crippen LogP contribution in [0.1, 0.15) is 22.3 Å². The normalized spacial score (nSPS) is 15.7. The fraction of sp³-hybridized carbons (Fsp3) is 0.273. The lowest BCUT2D eigenvalue weighted by molar-refractivity contribution is 0.104. The van der Waals surface area contributed by atoms with Gasteiger partial charge in [-0.25, -0.2) is 0 Å². The quantitative estimate of drug-likeness (QED) is 0.587. The first-order valence-corrected chi connectivity index (χ1v) is 10.5. The number of hydrogen-bond donors (Lipinski definition) is 1. The molecule has 0 fully saturated rings. The molecule has 0 amide bonds. The van der Waals surface area contributed by atoms with Crippen molar-refractivity contribution in [3.05, 3.63) is 53.6 Å². The lowest BCUT2D eigenvalue weighted by Gasteiger charge is -2.20. The summed E-state index contributed by atoms with van der Waals surface area (Å²) in [7, 11) is 1.58. The number of allylic oxidation sites excluding steroid dienone is 1. The van der Waals surface area contributed by atoms with E-state index in [0.717, 1.165) is 35.1 Å². The highest BCUT2D eigenvalue weighted by Crippen LogP contribution is 2.40. The van der Waals surface area contributed by atoms with Crippen LogP contribution in [0.4, 0.5) is 5.69 Å². The highest BCUT2D eigenvalue weighted by molar-refractivity contribution is 8.14. The van der Waals surface area contributed by atoms with E-state index in [1.165, 1.54) is 0 Å². The van der Waals surface area contributed by atoms with Gasteiger partial charge in [-0.2, -0.15) is 0 Å². The van der Waals surface area contributed by atoms with Crippen molar-refractivity contribution in [1.82, 2.24) is 0 Å². The Morgan fingerprint density at radius 3 is 2.79 bits per heavy atom. The molecule has 2 aromatic carbocycles. The first kappa shape index (κ1) is 19.4. The standard InChI is InChI=1S/C22H22N2O4S/c1-26-19-13-15(14-20-21(19)28-11-10-27-20)3-8-18(25)16-4-6-17(7-5-16)24-22-23-9-2-12-29-22/h3-8,13-14H,2,9-12H2,1H3,(H,23,24)/b8-3+. The van der Waals surface area contributed by atoms with Crippen LogP contribution in [-0.2, 0) is 0 Å². The van der Waals surface area contributed by atoms with Crippen molar-refractivity contribution < 1.29 is 19.0 Å². The summed E-state index contributed by atoms with van der Waals surface area (Å²) in [5.41, 5.74) is 2.36. The third-order valence-corrected chi connectivity index (χ3v) is 5.49. The molecule has 0 atom stereocenters. The van der Waals surface area contributed by atoms with Crippen LogP contribution in [0, 0.1) is 0 Å². The Morgan fingerprint density at radius 1 is 1.21 bits per heavy atom. The molecule has 4 rings (SSSR count). The highest BCUT2D eigenvalue weighted by Gasteiger charge is 2.18. The number of nitrogens with one attached hydrogen (secondary N) is 1. The average molecular weight is 410 g/mol. The molecule has 6 nitrogen and oxygen atoms in total. The second kappa shape index (κ2) is 9.05. The van der Waals surface area contributed by atoms with E-state index in [9.17, 15) is 4.79 Å². The maximum Gasteiger partial charge on any atom is 0.203 e. The van der Waals surface area contributed by atoms with Crippen LogP contribution < -0.4 is 19.5 Å². The maximum absolute atomic E-state index is 12.5. The summed E-state index contributed by atoms with van der Waals surface area (Å²) >= 11 is 1.72. The van der Waals surface area contributed by atoms with Crippen molar-refractivity contribution in [3.8, 4) is 17.2 Å². The van der Waals surface area contributed by atoms with Crippen molar-refractivity contribution >= 4 is 34.5 Å². The molecule has 2 heterocycles. The molecule has 7 heteroatoms. The van der Waals surface area contributed by atoms with E-state index in [-0.39, 0.29) is 5.78 Å². The number of nitrogens with zero attached hydrogens (tertiary/aromatic N) is 1. The van der Waals surface area contributed by atoms with Gasteiger partial charge in [0.25, 0.3) is 0 Å². The summed E-state index contributed by atoms with van der Waals surface area (Å²) in [6.45, 7) is 1.85. The molecule has 0 unspecified atom stereocenters. The number of rotatable bonds is 5. The number of anilines is 1. The number of amidine groups is 1. The SMILES string of the molecule is COc1cc(/C=C/C(=O)c2ccc(NC3=NCCCS3)cc2)cc2c1OCCO2. The highest BCUT2D eigenvalue weighted by atomic mass is 32.2. The van der Waals surface area contributed by atoms with Gasteiger partial charge in [0.2, 0.25) is 5.75 Å². The molecular formula is C22H22N2O4S. The summed E-state index contributed by atoms with van der Waals surface area (Å²) in [5.74, 6) is 2.83. The number of carbonyl (C=O) groups is 1. The fourth-order valence-corrected chi connectivity index (χ4v) is 3.87. The molecule has 0 radical (unpaired) electrons. The smallest absolute Gasteiger partial charge is 0.203 e. The second-order valence-corrected chi connectivity index (χ2v) is 7.62. The van der Waals surface area contributed by atoms with Crippen LogP contribution in [0.3, 0.4) is 0 Å². The molecule has 0 aromatic heterocycles. The third-order valence-electron chi connectivity index (χ3n) is 4.49. The molecule has 2 aliphatic heterocycles. The van der Waals surface area contributed by atoms with Crippen LogP contribution in [-0.4, -0.2) is 43.6 Å². The van der Waals surface area contributed by atoms with Crippen LogP contribution in [0.25, 0.3) is 6.08 Å². The van der Waals surface area contributed by atoms with E-state index >= 15 is 0 Å². The van der Waals surface area contributed by atoms with Crippen molar-refractivity contribution in [2.45, 2.75) is 6.42 Å². The van der Waals surface area contributed by atoms with Gasteiger partial charge >= 0.3 is 0 Å². The minimum absolute atomic E-state index is 0.0743. The van der Waals surface area contributed by atoms with Crippen LogP contribution in [0.15, 0.2) is 47.5 Å². The lowest BCUT2D eigenvalue weighted by atomic mass is 10.1. The van der Waals surface area contributed by atoms with Gasteiger partial charge in [0.15, 0.2) is 22.4 Å². The molecule has 2 aromatic rings. The van der Waals surface area contributed by atoms with Gasteiger partial charge in [0, 0.05) is 23.5 Å². The van der Waals surface area contributed by atoms with E-state index in [1.54, 1.807) is 31.0 Å². The minimum atomic E-state index is -0.0743. The monoisotopic (exact) mass is 410 g/mol. The van der Waals surface area contributed by atoms with Gasteiger partial charge in [0.1, 0.15) is 13.2 Å². The Labute approximate surface area is 174 Å². The molecule has 29 heavy (non-hydrogen) atoms. The zero-order valence-electron chi connectivity index (χ0n) is 16.1. The molecular weight excluding hydrogens is 388 g/mol. The average Bonchev–Trinajstić information content (AvgIpc) is 2.78. The van der Waals surface area contributed by atoms with Crippen molar-refractivity contribution in [3.63, 3.8) is 0 Å². The number of methoxy groups -OCH3 is 1. The predicted octanol–water partition coefficient (Wildman–Crippen LogP) is 4.27. The number of thioether (sulfide) groups is 1. The van der Waals surface area contributed by atoms with Gasteiger partial charge in [0.05, 0.1) is 7.11 Å². The van der Waals surface area contributed by atoms with Crippen molar-refractivity contribution in [1.29, 1.82) is 0 Å². The number of aliphatic imine (C=N–C) groups is 1. The van der Waals surface area contributed by atoms with Crippen LogP contribution >= 0.6 is 11.8 Å². The molecule has 0 saturated carbocycles. The maximum atomic E-state index is 12.5. The first-order valence-electron chi connectivity index (χ1n) is 9.47. The van der Waals surface area contributed by atoms with Crippen molar-refractivity contribution in [2.75, 3.05) is 37.9 Å². The second-order valence-electron chi connectivity index (χ2n) is 6.54. The largest absolute Gasteiger partial charge is 0.493 e. The summed E-state index contributed by atoms with van der Waals surface area (Å²) in [6, 6.07) is 11.1. The van der Waals surface area contributed by atoms with Gasteiger partial charge < -0.3 is 19.5 Å². The van der Waals surface area contributed by atoms with Gasteiger partial charge in [-0.3, -0.25) is 9.79 Å². The van der Waals surface area contributed by atoms with Gasteiger partial charge in [-0.1, -0.05) is 17.8 Å². The molecule has 0 spiro atoms. The van der Waals surface area contributed by atoms with Crippen LogP contribution in [0.5, 0.6) is 17.2 Å². The van der Waals surface area contributed by atoms with Gasteiger partial charge in [-0.05, 0) is 54.5 Å².